The van der Waals surface area contributed by atoms with Gasteiger partial charge >= 0.3 is 0 Å². The van der Waals surface area contributed by atoms with Crippen molar-refractivity contribution in [2.75, 3.05) is 0 Å². The largest absolute Gasteiger partial charge is 0.455 e. The molecule has 11 aromatic rings. The Morgan fingerprint density at radius 2 is 0.790 bits per heavy atom. The van der Waals surface area contributed by atoms with E-state index in [0.717, 1.165) is 61.1 Å². The second kappa shape index (κ2) is 13.4. The number of benzene rings is 9. The Kier molecular flexibility index (Phi) is 7.52. The van der Waals surface area contributed by atoms with E-state index in [0.29, 0.717) is 5.82 Å². The number of nitrogens with zero attached hydrogens (tertiary/aromatic N) is 2. The Morgan fingerprint density at radius 1 is 0.306 bits per heavy atom. The van der Waals surface area contributed by atoms with E-state index in [1.54, 1.807) is 0 Å². The molecule has 3 nitrogen and oxygen atoms in total. The predicted molar refractivity (Wildman–Crippen MR) is 253 cm³/mol. The summed E-state index contributed by atoms with van der Waals surface area (Å²) < 4.78 is 6.60. The average molecular weight is 789 g/mol. The number of aromatic nitrogens is 2. The van der Waals surface area contributed by atoms with Crippen LogP contribution in [0.25, 0.3) is 100 Å². The van der Waals surface area contributed by atoms with E-state index in [1.165, 1.54) is 55.6 Å². The first-order chi connectivity index (χ1) is 30.7. The molecular formula is C59H36N2O. The number of fused-ring (bicyclic) bond motifs is 15. The highest BCUT2D eigenvalue weighted by atomic mass is 16.3. The molecule has 0 aliphatic heterocycles. The molecule has 0 N–H and O–H groups in total. The molecule has 62 heavy (non-hydrogen) atoms. The minimum absolute atomic E-state index is 0.548. The number of hydrogen-bond donors (Lipinski definition) is 0. The summed E-state index contributed by atoms with van der Waals surface area (Å²) in [5.41, 5.74) is 20.5. The van der Waals surface area contributed by atoms with Crippen molar-refractivity contribution in [1.82, 2.24) is 9.97 Å². The molecule has 3 heteroatoms. The minimum Gasteiger partial charge on any atom is -0.455 e. The van der Waals surface area contributed by atoms with Gasteiger partial charge in [-0.1, -0.05) is 188 Å². The van der Waals surface area contributed by atoms with Crippen LogP contribution in [0.3, 0.4) is 0 Å². The van der Waals surface area contributed by atoms with E-state index < -0.39 is 5.41 Å². The predicted octanol–water partition coefficient (Wildman–Crippen LogP) is 15.1. The van der Waals surface area contributed by atoms with Crippen LogP contribution in [-0.4, -0.2) is 9.97 Å². The summed E-state index contributed by atoms with van der Waals surface area (Å²) >= 11 is 0. The Labute approximate surface area is 359 Å². The van der Waals surface area contributed by atoms with Crippen molar-refractivity contribution in [1.29, 1.82) is 0 Å². The molecule has 288 valence electrons. The van der Waals surface area contributed by atoms with Crippen LogP contribution in [0.1, 0.15) is 22.3 Å². The summed E-state index contributed by atoms with van der Waals surface area (Å²) in [5.74, 6) is 0.616. The average Bonchev–Trinajstić information content (AvgIpc) is 3.85. The topological polar surface area (TPSA) is 38.9 Å². The van der Waals surface area contributed by atoms with Crippen molar-refractivity contribution in [3.63, 3.8) is 0 Å². The Morgan fingerprint density at radius 3 is 1.50 bits per heavy atom. The third kappa shape index (κ3) is 5.00. The summed E-state index contributed by atoms with van der Waals surface area (Å²) in [6, 6.07) is 78.8. The maximum Gasteiger partial charge on any atom is 0.164 e. The van der Waals surface area contributed by atoms with Crippen molar-refractivity contribution < 1.29 is 4.42 Å². The van der Waals surface area contributed by atoms with Crippen LogP contribution in [0.4, 0.5) is 0 Å². The van der Waals surface area contributed by atoms with E-state index in [4.69, 9.17) is 14.4 Å². The van der Waals surface area contributed by atoms with Crippen LogP contribution < -0.4 is 0 Å². The lowest BCUT2D eigenvalue weighted by Crippen LogP contribution is -2.29. The number of furan rings is 1. The molecule has 0 saturated heterocycles. The first kappa shape index (κ1) is 34.7. The third-order valence-corrected chi connectivity index (χ3v) is 13.1. The Bertz CT molecular complexity index is 3550. The van der Waals surface area contributed by atoms with E-state index in [1.807, 2.05) is 12.1 Å². The van der Waals surface area contributed by atoms with Gasteiger partial charge in [0.15, 0.2) is 5.82 Å². The molecule has 1 spiro atoms. The van der Waals surface area contributed by atoms with Gasteiger partial charge in [-0.05, 0) is 97.1 Å². The van der Waals surface area contributed by atoms with Gasteiger partial charge in [-0.3, -0.25) is 0 Å². The van der Waals surface area contributed by atoms with Crippen LogP contribution >= 0.6 is 0 Å². The SMILES string of the molecule is c1ccc(-c2cccc(-c3cc(-c4ccc5c(c4)-c4ccccc4-c4ccccc4C54c5ccccc5-c5ccccc54)nc(-c4cccc5c4oc4ccccc45)n3)c2)cc1. The summed E-state index contributed by atoms with van der Waals surface area (Å²) in [6.07, 6.45) is 0. The molecule has 2 heterocycles. The molecule has 9 aromatic carbocycles. The molecule has 2 aliphatic rings. The number of rotatable bonds is 4. The van der Waals surface area contributed by atoms with Crippen LogP contribution in [0, 0.1) is 0 Å². The van der Waals surface area contributed by atoms with Gasteiger partial charge in [-0.15, -0.1) is 0 Å². The van der Waals surface area contributed by atoms with Gasteiger partial charge in [0.05, 0.1) is 22.4 Å². The first-order valence-electron chi connectivity index (χ1n) is 21.2. The van der Waals surface area contributed by atoms with Crippen LogP contribution in [-0.2, 0) is 5.41 Å². The third-order valence-electron chi connectivity index (χ3n) is 13.1. The molecule has 0 saturated carbocycles. The molecule has 0 fully saturated rings. The normalized spacial score (nSPS) is 13.0. The number of para-hydroxylation sites is 2. The minimum atomic E-state index is -0.548. The Hall–Kier alpha value is -8.14. The van der Waals surface area contributed by atoms with E-state index in [-0.39, 0.29) is 0 Å². The summed E-state index contributed by atoms with van der Waals surface area (Å²) in [7, 11) is 0. The summed E-state index contributed by atoms with van der Waals surface area (Å²) in [5, 5.41) is 2.12. The van der Waals surface area contributed by atoms with Gasteiger partial charge in [0.2, 0.25) is 0 Å². The molecule has 0 radical (unpaired) electrons. The lowest BCUT2D eigenvalue weighted by Gasteiger charge is -2.35. The fourth-order valence-electron chi connectivity index (χ4n) is 10.5. The zero-order valence-electron chi connectivity index (χ0n) is 33.6. The van der Waals surface area contributed by atoms with E-state index >= 15 is 0 Å². The first-order valence-corrected chi connectivity index (χ1v) is 21.2. The van der Waals surface area contributed by atoms with Crippen LogP contribution in [0.2, 0.25) is 0 Å². The second-order valence-electron chi connectivity index (χ2n) is 16.4. The fourth-order valence-corrected chi connectivity index (χ4v) is 10.5. The summed E-state index contributed by atoms with van der Waals surface area (Å²) in [6.45, 7) is 0. The van der Waals surface area contributed by atoms with Crippen molar-refractivity contribution >= 4 is 21.9 Å². The maximum atomic E-state index is 6.60. The summed E-state index contributed by atoms with van der Waals surface area (Å²) in [4.78, 5) is 10.8. The fraction of sp³-hybridized carbons (Fsp3) is 0.0169. The molecular weight excluding hydrogens is 753 g/mol. The number of hydrogen-bond acceptors (Lipinski definition) is 3. The smallest absolute Gasteiger partial charge is 0.164 e. The van der Waals surface area contributed by atoms with Crippen molar-refractivity contribution in [3.8, 4) is 78.4 Å². The van der Waals surface area contributed by atoms with Crippen molar-refractivity contribution in [3.05, 3.63) is 241 Å². The molecule has 0 unspecified atom stereocenters. The quantitative estimate of drug-likeness (QED) is 0.178. The standard InChI is InChI=1S/C59H36N2O/c1-2-16-37(17-3-1)38-18-14-19-39(34-38)54-36-55(61-58(60-54)48-27-15-26-47-46-25-9-13-31-56(46)62-57(47)48)40-32-33-53-49(35-40)42-21-5-4-20-41(42)43-22-6-10-28-50(43)59(53)51-29-11-7-23-44(51)45-24-8-12-30-52(45)59/h1-36H. The lowest BCUT2D eigenvalue weighted by molar-refractivity contribution is 0.669. The van der Waals surface area contributed by atoms with Crippen molar-refractivity contribution in [2.24, 2.45) is 0 Å². The monoisotopic (exact) mass is 788 g/mol. The van der Waals surface area contributed by atoms with E-state index in [2.05, 4.69) is 206 Å². The zero-order valence-corrected chi connectivity index (χ0v) is 33.6. The zero-order chi connectivity index (χ0) is 40.8. The highest BCUT2D eigenvalue weighted by Gasteiger charge is 2.49. The van der Waals surface area contributed by atoms with Gasteiger partial charge < -0.3 is 4.42 Å². The Balaban J connectivity index is 1.09. The highest BCUT2D eigenvalue weighted by Crippen LogP contribution is 2.61. The van der Waals surface area contributed by atoms with Gasteiger partial charge in [-0.25, -0.2) is 9.97 Å². The lowest BCUT2D eigenvalue weighted by atomic mass is 9.66. The second-order valence-corrected chi connectivity index (χ2v) is 16.4. The van der Waals surface area contributed by atoms with Gasteiger partial charge in [0.1, 0.15) is 11.2 Å². The molecule has 0 amide bonds. The molecule has 0 atom stereocenters. The highest BCUT2D eigenvalue weighted by molar-refractivity contribution is 6.09. The van der Waals surface area contributed by atoms with Gasteiger partial charge in [-0.2, -0.15) is 0 Å². The molecule has 2 aliphatic carbocycles. The van der Waals surface area contributed by atoms with Gasteiger partial charge in [0.25, 0.3) is 0 Å². The molecule has 0 bridgehead atoms. The molecule has 2 aromatic heterocycles. The van der Waals surface area contributed by atoms with Crippen LogP contribution in [0.5, 0.6) is 0 Å². The van der Waals surface area contributed by atoms with Crippen molar-refractivity contribution in [2.45, 2.75) is 5.41 Å². The van der Waals surface area contributed by atoms with Gasteiger partial charge in [0, 0.05) is 21.9 Å². The molecule has 13 rings (SSSR count). The van der Waals surface area contributed by atoms with Crippen LogP contribution in [0.15, 0.2) is 223 Å². The van der Waals surface area contributed by atoms with E-state index in [9.17, 15) is 0 Å². The maximum absolute atomic E-state index is 6.60.